The largest absolute Gasteiger partial charge is 0.495 e. The number of amides is 2. The maximum atomic E-state index is 13.7. The summed E-state index contributed by atoms with van der Waals surface area (Å²) in [6.45, 7) is 4.72. The van der Waals surface area contributed by atoms with Crippen molar-refractivity contribution in [3.8, 4) is 5.75 Å². The number of nitrogens with zero attached hydrogens (tertiary/aromatic N) is 1. The van der Waals surface area contributed by atoms with E-state index in [-0.39, 0.29) is 23.8 Å². The van der Waals surface area contributed by atoms with Gasteiger partial charge in [-0.1, -0.05) is 49.7 Å². The van der Waals surface area contributed by atoms with Gasteiger partial charge < -0.3 is 15.0 Å². The summed E-state index contributed by atoms with van der Waals surface area (Å²) >= 11 is 7.82. The van der Waals surface area contributed by atoms with E-state index in [2.05, 4.69) is 19.2 Å². The summed E-state index contributed by atoms with van der Waals surface area (Å²) in [5.74, 6) is 0.0263. The highest BCUT2D eigenvalue weighted by molar-refractivity contribution is 7.10. The van der Waals surface area contributed by atoms with Crippen molar-refractivity contribution < 1.29 is 14.3 Å². The number of benzene rings is 2. The van der Waals surface area contributed by atoms with Gasteiger partial charge >= 0.3 is 0 Å². The van der Waals surface area contributed by atoms with Crippen LogP contribution in [0.5, 0.6) is 5.75 Å². The number of methoxy groups -OCH3 is 1. The Kier molecular flexibility index (Phi) is 6.53. The molecular formula is C25H25ClN2O3S. The molecule has 0 aliphatic carbocycles. The Labute approximate surface area is 197 Å². The summed E-state index contributed by atoms with van der Waals surface area (Å²) in [6.07, 6.45) is 0. The Morgan fingerprint density at radius 1 is 1.19 bits per heavy atom. The first-order valence-corrected chi connectivity index (χ1v) is 11.7. The van der Waals surface area contributed by atoms with E-state index in [1.54, 1.807) is 42.7 Å². The van der Waals surface area contributed by atoms with Gasteiger partial charge in [0.15, 0.2) is 0 Å². The average molecular weight is 469 g/mol. The van der Waals surface area contributed by atoms with E-state index in [1.807, 2.05) is 40.6 Å². The molecule has 1 N–H and O–H groups in total. The second-order valence-corrected chi connectivity index (χ2v) is 9.60. The third-order valence-electron chi connectivity index (χ3n) is 5.54. The zero-order valence-corrected chi connectivity index (χ0v) is 19.7. The molecule has 2 aromatic carbocycles. The van der Waals surface area contributed by atoms with E-state index in [0.29, 0.717) is 28.6 Å². The van der Waals surface area contributed by atoms with Gasteiger partial charge in [-0.25, -0.2) is 0 Å². The smallest absolute Gasteiger partial charge is 0.254 e. The monoisotopic (exact) mass is 468 g/mol. The van der Waals surface area contributed by atoms with Crippen LogP contribution in [0.2, 0.25) is 5.02 Å². The van der Waals surface area contributed by atoms with Crippen molar-refractivity contribution in [3.05, 3.63) is 81.0 Å². The highest BCUT2D eigenvalue weighted by Crippen LogP contribution is 2.45. The van der Waals surface area contributed by atoms with Gasteiger partial charge in [-0.3, -0.25) is 9.59 Å². The van der Waals surface area contributed by atoms with Gasteiger partial charge in [-0.15, -0.1) is 11.3 Å². The van der Waals surface area contributed by atoms with Crippen molar-refractivity contribution in [2.45, 2.75) is 25.8 Å². The number of hydrogen-bond acceptors (Lipinski definition) is 4. The Hall–Kier alpha value is -2.83. The molecule has 1 aromatic heterocycles. The number of fused-ring (bicyclic) bond motifs is 1. The molecule has 2 atom stereocenters. The van der Waals surface area contributed by atoms with Crippen molar-refractivity contribution in [1.29, 1.82) is 0 Å². The van der Waals surface area contributed by atoms with Crippen LogP contribution in [-0.2, 0) is 4.79 Å². The molecule has 5 nitrogen and oxygen atoms in total. The molecule has 1 aliphatic heterocycles. The first kappa shape index (κ1) is 22.4. The highest BCUT2D eigenvalue weighted by Gasteiger charge is 2.44. The molecule has 4 rings (SSSR count). The van der Waals surface area contributed by atoms with Gasteiger partial charge in [0.25, 0.3) is 5.91 Å². The molecule has 0 saturated carbocycles. The quantitative estimate of drug-likeness (QED) is 0.483. The summed E-state index contributed by atoms with van der Waals surface area (Å²) in [7, 11) is 1.55. The number of rotatable bonds is 6. The van der Waals surface area contributed by atoms with Crippen LogP contribution in [0.3, 0.4) is 0 Å². The van der Waals surface area contributed by atoms with E-state index < -0.39 is 5.92 Å². The molecule has 32 heavy (non-hydrogen) atoms. The van der Waals surface area contributed by atoms with Crippen LogP contribution in [0, 0.1) is 5.92 Å². The fourth-order valence-corrected chi connectivity index (χ4v) is 5.34. The Morgan fingerprint density at radius 2 is 1.97 bits per heavy atom. The van der Waals surface area contributed by atoms with Crippen molar-refractivity contribution in [2.24, 2.45) is 5.92 Å². The molecule has 0 bridgehead atoms. The third-order valence-corrected chi connectivity index (χ3v) is 6.78. The maximum Gasteiger partial charge on any atom is 0.254 e. The van der Waals surface area contributed by atoms with Crippen LogP contribution in [-0.4, -0.2) is 30.4 Å². The van der Waals surface area contributed by atoms with Crippen LogP contribution >= 0.6 is 22.9 Å². The Balaban J connectivity index is 1.79. The lowest BCUT2D eigenvalue weighted by Crippen LogP contribution is -2.47. The van der Waals surface area contributed by atoms with Gasteiger partial charge in [-0.2, -0.15) is 0 Å². The van der Waals surface area contributed by atoms with Gasteiger partial charge in [-0.05, 0) is 47.2 Å². The Bertz CT molecular complexity index is 1130. The predicted molar refractivity (Wildman–Crippen MR) is 129 cm³/mol. The summed E-state index contributed by atoms with van der Waals surface area (Å²) in [5.41, 5.74) is 1.90. The van der Waals surface area contributed by atoms with Crippen LogP contribution in [0.15, 0.2) is 60.0 Å². The molecular weight excluding hydrogens is 444 g/mol. The van der Waals surface area contributed by atoms with Gasteiger partial charge in [0, 0.05) is 22.7 Å². The van der Waals surface area contributed by atoms with Gasteiger partial charge in [0.1, 0.15) is 5.75 Å². The van der Waals surface area contributed by atoms with Crippen LogP contribution in [0.4, 0.5) is 5.69 Å². The molecule has 3 aromatic rings. The van der Waals surface area contributed by atoms with Crippen molar-refractivity contribution >= 4 is 40.4 Å². The molecule has 0 unspecified atom stereocenters. The fourth-order valence-electron chi connectivity index (χ4n) is 4.21. The minimum Gasteiger partial charge on any atom is -0.495 e. The first-order valence-electron chi connectivity index (χ1n) is 10.5. The topological polar surface area (TPSA) is 58.6 Å². The lowest BCUT2D eigenvalue weighted by molar-refractivity contribution is -0.119. The number of thiophene rings is 1. The van der Waals surface area contributed by atoms with Crippen molar-refractivity contribution in [3.63, 3.8) is 0 Å². The summed E-state index contributed by atoms with van der Waals surface area (Å²) in [5, 5.41) is 5.41. The number of halogens is 1. The summed E-state index contributed by atoms with van der Waals surface area (Å²) in [4.78, 5) is 30.0. The Morgan fingerprint density at radius 3 is 2.62 bits per heavy atom. The molecule has 2 amide bonds. The minimum absolute atomic E-state index is 0.0377. The van der Waals surface area contributed by atoms with Crippen LogP contribution < -0.4 is 10.1 Å². The number of anilines is 1. The number of carbonyl (C=O) groups is 2. The fraction of sp³-hybridized carbons (Fsp3) is 0.280. The summed E-state index contributed by atoms with van der Waals surface area (Å²) < 4.78 is 5.21. The molecule has 0 fully saturated rings. The van der Waals surface area contributed by atoms with Crippen LogP contribution in [0.25, 0.3) is 0 Å². The van der Waals surface area contributed by atoms with E-state index in [1.165, 1.54) is 0 Å². The second-order valence-electron chi connectivity index (χ2n) is 8.22. The second kappa shape index (κ2) is 9.35. The number of hydrogen-bond donors (Lipinski definition) is 1. The molecule has 2 heterocycles. The van der Waals surface area contributed by atoms with E-state index in [0.717, 1.165) is 10.4 Å². The van der Waals surface area contributed by atoms with Crippen molar-refractivity contribution in [2.75, 3.05) is 19.0 Å². The minimum atomic E-state index is -0.554. The van der Waals surface area contributed by atoms with Gasteiger partial charge in [0.05, 0.1) is 24.1 Å². The summed E-state index contributed by atoms with van der Waals surface area (Å²) in [6, 6.07) is 16.1. The lowest BCUT2D eigenvalue weighted by Gasteiger charge is -2.42. The number of ether oxygens (including phenoxy) is 1. The van der Waals surface area contributed by atoms with E-state index >= 15 is 0 Å². The standard InChI is InChI=1S/C25H25ClN2O3S/c1-15(2)14-28-23(21-9-6-12-32-21)22(17-7-4-5-8-18(17)25(28)30)24(29)27-16-10-11-20(31-3)19(26)13-16/h4-13,15,22-23H,14H2,1-3H3,(H,27,29)/t22-,23-/m1/s1. The third kappa shape index (κ3) is 4.25. The SMILES string of the molecule is COc1ccc(NC(=O)[C@@H]2c3ccccc3C(=O)N(CC(C)C)[C@@H]2c2cccs2)cc1Cl. The zero-order valence-electron chi connectivity index (χ0n) is 18.2. The lowest BCUT2D eigenvalue weighted by atomic mass is 9.81. The first-order chi connectivity index (χ1) is 15.4. The highest BCUT2D eigenvalue weighted by atomic mass is 35.5. The molecule has 1 aliphatic rings. The predicted octanol–water partition coefficient (Wildman–Crippen LogP) is 5.99. The maximum absolute atomic E-state index is 13.7. The van der Waals surface area contributed by atoms with E-state index in [9.17, 15) is 9.59 Å². The zero-order chi connectivity index (χ0) is 22.8. The number of carbonyl (C=O) groups excluding carboxylic acids is 2. The number of nitrogens with one attached hydrogen (secondary N) is 1. The molecule has 0 saturated heterocycles. The molecule has 0 spiro atoms. The van der Waals surface area contributed by atoms with E-state index in [4.69, 9.17) is 16.3 Å². The molecule has 0 radical (unpaired) electrons. The average Bonchev–Trinajstić information content (AvgIpc) is 3.30. The molecule has 7 heteroatoms. The normalized spacial score (nSPS) is 17.9. The van der Waals surface area contributed by atoms with Gasteiger partial charge in [0.2, 0.25) is 5.91 Å². The van der Waals surface area contributed by atoms with Crippen LogP contribution in [0.1, 0.15) is 46.6 Å². The van der Waals surface area contributed by atoms with Crippen molar-refractivity contribution in [1.82, 2.24) is 4.90 Å². The molecule has 166 valence electrons.